The number of fused-ring (bicyclic) bond motifs is 1. The van der Waals surface area contributed by atoms with Gasteiger partial charge in [-0.05, 0) is 18.2 Å². The van der Waals surface area contributed by atoms with E-state index in [0.29, 0.717) is 11.6 Å². The van der Waals surface area contributed by atoms with Crippen molar-refractivity contribution < 1.29 is 9.90 Å². The molecule has 4 heteroatoms. The predicted octanol–water partition coefficient (Wildman–Crippen LogP) is 3.02. The largest absolute Gasteiger partial charge is 0.481 e. The Morgan fingerprint density at radius 1 is 1.50 bits per heavy atom. The van der Waals surface area contributed by atoms with E-state index in [1.165, 1.54) is 0 Å². The van der Waals surface area contributed by atoms with Gasteiger partial charge in [-0.2, -0.15) is 0 Å². The predicted molar refractivity (Wildman–Crippen MR) is 63.7 cm³/mol. The molecule has 84 valence electrons. The molecule has 0 spiro atoms. The fourth-order valence-electron chi connectivity index (χ4n) is 1.72. The summed E-state index contributed by atoms with van der Waals surface area (Å²) in [4.78, 5) is 10.8. The number of benzene rings is 1. The van der Waals surface area contributed by atoms with Crippen molar-refractivity contribution in [2.75, 3.05) is 0 Å². The molecule has 0 saturated heterocycles. The summed E-state index contributed by atoms with van der Waals surface area (Å²) in [7, 11) is 0. The Balaban J connectivity index is 2.39. The fraction of sp³-hybridized carbons (Fsp3) is 0.250. The number of carbonyl (C=O) groups is 1. The molecule has 0 bridgehead atoms. The van der Waals surface area contributed by atoms with Crippen molar-refractivity contribution in [3.05, 3.63) is 35.5 Å². The third-order valence-electron chi connectivity index (χ3n) is 2.65. The van der Waals surface area contributed by atoms with E-state index in [1.54, 1.807) is 6.92 Å². The first kappa shape index (κ1) is 11.0. The van der Waals surface area contributed by atoms with Gasteiger partial charge in [0.15, 0.2) is 0 Å². The number of hydrogen-bond acceptors (Lipinski definition) is 1. The van der Waals surface area contributed by atoms with E-state index in [0.717, 1.165) is 10.9 Å². The summed E-state index contributed by atoms with van der Waals surface area (Å²) in [5.74, 6) is -1.20. The normalized spacial score (nSPS) is 12.9. The molecule has 3 nitrogen and oxygen atoms in total. The number of halogens is 1. The molecule has 2 aromatic rings. The van der Waals surface area contributed by atoms with Gasteiger partial charge in [0.05, 0.1) is 5.92 Å². The average molecular weight is 238 g/mol. The number of aromatic nitrogens is 1. The number of nitrogens with zero attached hydrogens (tertiary/aromatic N) is 1. The van der Waals surface area contributed by atoms with Crippen LogP contribution < -0.4 is 0 Å². The van der Waals surface area contributed by atoms with Crippen LogP contribution in [-0.4, -0.2) is 15.6 Å². The lowest BCUT2D eigenvalue weighted by Gasteiger charge is -2.09. The lowest BCUT2D eigenvalue weighted by atomic mass is 10.2. The maximum atomic E-state index is 10.8. The van der Waals surface area contributed by atoms with Crippen LogP contribution in [0.5, 0.6) is 0 Å². The zero-order valence-electron chi connectivity index (χ0n) is 8.85. The molecule has 0 radical (unpaired) electrons. The van der Waals surface area contributed by atoms with Gasteiger partial charge in [-0.15, -0.1) is 0 Å². The van der Waals surface area contributed by atoms with Crippen molar-refractivity contribution in [1.82, 2.24) is 4.57 Å². The van der Waals surface area contributed by atoms with E-state index in [4.69, 9.17) is 16.7 Å². The van der Waals surface area contributed by atoms with Crippen molar-refractivity contribution in [3.63, 3.8) is 0 Å². The minimum absolute atomic E-state index is 0.408. The van der Waals surface area contributed by atoms with Gasteiger partial charge in [0.1, 0.15) is 0 Å². The van der Waals surface area contributed by atoms with Crippen LogP contribution in [0.4, 0.5) is 0 Å². The van der Waals surface area contributed by atoms with Crippen molar-refractivity contribution in [1.29, 1.82) is 0 Å². The number of hydrogen-bond donors (Lipinski definition) is 1. The van der Waals surface area contributed by atoms with Gasteiger partial charge in [-0.25, -0.2) is 0 Å². The van der Waals surface area contributed by atoms with Gasteiger partial charge < -0.3 is 9.67 Å². The second-order valence-corrected chi connectivity index (χ2v) is 4.29. The Hall–Kier alpha value is -1.48. The number of carboxylic acids is 1. The van der Waals surface area contributed by atoms with E-state index < -0.39 is 11.9 Å². The number of carboxylic acid groups (broad SMARTS) is 1. The molecule has 0 saturated carbocycles. The molecular formula is C12H12ClNO2. The summed E-state index contributed by atoms with van der Waals surface area (Å²) in [6.07, 6.45) is 1.87. The van der Waals surface area contributed by atoms with Gasteiger partial charge in [-0.3, -0.25) is 4.79 Å². The topological polar surface area (TPSA) is 42.2 Å². The first-order valence-corrected chi connectivity index (χ1v) is 5.43. The van der Waals surface area contributed by atoms with Gasteiger partial charge in [0, 0.05) is 28.7 Å². The summed E-state index contributed by atoms with van der Waals surface area (Å²) < 4.78 is 1.92. The van der Waals surface area contributed by atoms with Crippen molar-refractivity contribution in [2.24, 2.45) is 5.92 Å². The highest BCUT2D eigenvalue weighted by atomic mass is 35.5. The van der Waals surface area contributed by atoms with Crippen LogP contribution in [0.1, 0.15) is 6.92 Å². The van der Waals surface area contributed by atoms with Gasteiger partial charge >= 0.3 is 5.97 Å². The summed E-state index contributed by atoms with van der Waals surface area (Å²) in [6.45, 7) is 2.15. The Morgan fingerprint density at radius 2 is 2.25 bits per heavy atom. The standard InChI is InChI=1S/C12H12ClNO2/c1-8(12(15)16)7-14-6-5-9-10(13)3-2-4-11(9)14/h2-6,8H,7H2,1H3,(H,15,16). The minimum atomic E-state index is -0.788. The van der Waals surface area contributed by atoms with Crippen molar-refractivity contribution in [2.45, 2.75) is 13.5 Å². The van der Waals surface area contributed by atoms with E-state index in [9.17, 15) is 4.79 Å². The van der Waals surface area contributed by atoms with E-state index in [2.05, 4.69) is 0 Å². The van der Waals surface area contributed by atoms with Crippen LogP contribution in [0.3, 0.4) is 0 Å². The third-order valence-corrected chi connectivity index (χ3v) is 2.98. The minimum Gasteiger partial charge on any atom is -0.481 e. The molecule has 1 aromatic carbocycles. The first-order valence-electron chi connectivity index (χ1n) is 5.06. The fourth-order valence-corrected chi connectivity index (χ4v) is 1.95. The Morgan fingerprint density at radius 3 is 2.94 bits per heavy atom. The van der Waals surface area contributed by atoms with Crippen LogP contribution >= 0.6 is 11.6 Å². The van der Waals surface area contributed by atoms with Gasteiger partial charge in [-0.1, -0.05) is 24.6 Å². The zero-order chi connectivity index (χ0) is 11.7. The Kier molecular flexibility index (Phi) is 2.88. The molecule has 16 heavy (non-hydrogen) atoms. The zero-order valence-corrected chi connectivity index (χ0v) is 9.61. The first-order chi connectivity index (χ1) is 7.59. The maximum absolute atomic E-state index is 10.8. The number of rotatable bonds is 3. The molecule has 0 aliphatic rings. The molecule has 1 unspecified atom stereocenters. The molecule has 0 aliphatic heterocycles. The van der Waals surface area contributed by atoms with Crippen LogP contribution in [0.2, 0.25) is 5.02 Å². The average Bonchev–Trinajstić information content (AvgIpc) is 2.63. The molecule has 1 heterocycles. The Labute approximate surface area is 98.3 Å². The summed E-state index contributed by atoms with van der Waals surface area (Å²) in [5, 5.41) is 10.5. The number of aliphatic carboxylic acids is 1. The molecule has 0 aliphatic carbocycles. The molecule has 2 rings (SSSR count). The molecule has 1 N–H and O–H groups in total. The lowest BCUT2D eigenvalue weighted by molar-refractivity contribution is -0.141. The highest BCUT2D eigenvalue weighted by Crippen LogP contribution is 2.24. The monoisotopic (exact) mass is 237 g/mol. The highest BCUT2D eigenvalue weighted by Gasteiger charge is 2.13. The molecule has 0 fully saturated rings. The van der Waals surface area contributed by atoms with E-state index in [1.807, 2.05) is 35.0 Å². The van der Waals surface area contributed by atoms with Crippen LogP contribution in [0.25, 0.3) is 10.9 Å². The van der Waals surface area contributed by atoms with Crippen LogP contribution in [-0.2, 0) is 11.3 Å². The quantitative estimate of drug-likeness (QED) is 0.892. The summed E-state index contributed by atoms with van der Waals surface area (Å²) in [5.41, 5.74) is 0.973. The second-order valence-electron chi connectivity index (χ2n) is 3.88. The molecule has 0 amide bonds. The maximum Gasteiger partial charge on any atom is 0.308 e. The summed E-state index contributed by atoms with van der Waals surface area (Å²) in [6, 6.07) is 7.55. The summed E-state index contributed by atoms with van der Waals surface area (Å²) >= 11 is 6.04. The highest BCUT2D eigenvalue weighted by molar-refractivity contribution is 6.35. The molecule has 1 aromatic heterocycles. The SMILES string of the molecule is CC(Cn1ccc2c(Cl)cccc21)C(=O)O. The van der Waals surface area contributed by atoms with Crippen molar-refractivity contribution >= 4 is 28.5 Å². The van der Waals surface area contributed by atoms with Gasteiger partial charge in [0.2, 0.25) is 0 Å². The lowest BCUT2D eigenvalue weighted by Crippen LogP contribution is -2.16. The molecular weight excluding hydrogens is 226 g/mol. The van der Waals surface area contributed by atoms with E-state index >= 15 is 0 Å². The van der Waals surface area contributed by atoms with Crippen molar-refractivity contribution in [3.8, 4) is 0 Å². The van der Waals surface area contributed by atoms with Gasteiger partial charge in [0.25, 0.3) is 0 Å². The third kappa shape index (κ3) is 1.91. The smallest absolute Gasteiger partial charge is 0.308 e. The second kappa shape index (κ2) is 4.18. The van der Waals surface area contributed by atoms with Crippen LogP contribution in [0, 0.1) is 5.92 Å². The Bertz CT molecular complexity index is 533. The molecule has 1 atom stereocenters. The van der Waals surface area contributed by atoms with E-state index in [-0.39, 0.29) is 0 Å². The van der Waals surface area contributed by atoms with Crippen LogP contribution in [0.15, 0.2) is 30.5 Å².